The second-order valence-electron chi connectivity index (χ2n) is 12.1. The van der Waals surface area contributed by atoms with Gasteiger partial charge in [-0.15, -0.1) is 0 Å². The fourth-order valence-electron chi connectivity index (χ4n) is 5.98. The Morgan fingerprint density at radius 2 is 1.56 bits per heavy atom. The Hall–Kier alpha value is -4.71. The molecule has 11 heteroatoms. The van der Waals surface area contributed by atoms with Gasteiger partial charge in [-0.3, -0.25) is 18.6 Å². The van der Waals surface area contributed by atoms with Gasteiger partial charge in [-0.05, 0) is 59.6 Å². The van der Waals surface area contributed by atoms with Crippen LogP contribution in [0.15, 0.2) is 109 Å². The van der Waals surface area contributed by atoms with Gasteiger partial charge in [-0.2, -0.15) is 0 Å². The fraction of sp³-hybridized carbons (Fsp3) is 0.333. The molecule has 50 heavy (non-hydrogen) atoms. The van der Waals surface area contributed by atoms with Crippen LogP contribution in [0.5, 0.6) is 0 Å². The molecule has 0 saturated heterocycles. The lowest BCUT2D eigenvalue weighted by molar-refractivity contribution is -0.147. The lowest BCUT2D eigenvalue weighted by atomic mass is 10.0. The second-order valence-corrected chi connectivity index (χ2v) is 12.9. The van der Waals surface area contributed by atoms with Crippen molar-refractivity contribution in [3.8, 4) is 0 Å². The minimum Gasteiger partial charge on any atom is -0.464 e. The van der Waals surface area contributed by atoms with E-state index in [1.54, 1.807) is 19.1 Å². The first-order valence-electron chi connectivity index (χ1n) is 17.0. The Kier molecular flexibility index (Phi) is 13.0. The minimum absolute atomic E-state index is 0.150. The van der Waals surface area contributed by atoms with E-state index in [1.165, 1.54) is 10.6 Å². The van der Waals surface area contributed by atoms with Crippen molar-refractivity contribution in [1.82, 2.24) is 10.2 Å². The molecule has 0 saturated carbocycles. The predicted molar refractivity (Wildman–Crippen MR) is 195 cm³/mol. The molecule has 0 spiro atoms. The van der Waals surface area contributed by atoms with E-state index in [2.05, 4.69) is 24.1 Å². The molecule has 4 unspecified atom stereocenters. The molecule has 4 aromatic carbocycles. The number of hydrogen-bond donors (Lipinski definition) is 2. The summed E-state index contributed by atoms with van der Waals surface area (Å²) in [6.45, 7) is 8.82. The topological polar surface area (TPSA) is 118 Å². The van der Waals surface area contributed by atoms with Gasteiger partial charge in [0.25, 0.3) is 11.3 Å². The summed E-state index contributed by atoms with van der Waals surface area (Å²) in [6.07, 6.45) is 1.03. The highest BCUT2D eigenvalue weighted by Crippen LogP contribution is 2.32. The van der Waals surface area contributed by atoms with Gasteiger partial charge < -0.3 is 19.5 Å². The number of carbonyl (C=O) groups is 2. The van der Waals surface area contributed by atoms with E-state index in [0.29, 0.717) is 12.1 Å². The molecule has 264 valence electrons. The van der Waals surface area contributed by atoms with Crippen LogP contribution in [0, 0.1) is 0 Å². The molecule has 0 aliphatic carbocycles. The molecule has 0 bridgehead atoms. The molecule has 0 radical (unpaired) electrons. The molecule has 1 aliphatic rings. The number of nitrogens with one attached hydrogen (secondary N) is 1. The van der Waals surface area contributed by atoms with Crippen molar-refractivity contribution in [1.29, 1.82) is 0 Å². The van der Waals surface area contributed by atoms with E-state index in [-0.39, 0.29) is 25.2 Å². The molecule has 2 N–H and O–H groups in total. The third kappa shape index (κ3) is 9.71. The van der Waals surface area contributed by atoms with Gasteiger partial charge in [0, 0.05) is 19.4 Å². The maximum atomic E-state index is 13.8. The van der Waals surface area contributed by atoms with E-state index in [4.69, 9.17) is 14.2 Å². The summed E-state index contributed by atoms with van der Waals surface area (Å²) in [5.74, 6) is -0.879. The quantitative estimate of drug-likeness (QED) is 0.0999. The maximum absolute atomic E-state index is 13.8. The van der Waals surface area contributed by atoms with E-state index in [0.717, 1.165) is 47.1 Å². The van der Waals surface area contributed by atoms with Crippen molar-refractivity contribution < 1.29 is 32.6 Å². The monoisotopic (exact) mass is 699 g/mol. The Bertz CT molecular complexity index is 1780. The molecule has 1 aliphatic heterocycles. The van der Waals surface area contributed by atoms with Gasteiger partial charge in [0.05, 0.1) is 18.7 Å². The van der Waals surface area contributed by atoms with E-state index in [9.17, 15) is 18.4 Å². The normalized spacial score (nSPS) is 15.8. The van der Waals surface area contributed by atoms with E-state index in [1.807, 2.05) is 84.9 Å². The van der Waals surface area contributed by atoms with Gasteiger partial charge in [0.1, 0.15) is 18.3 Å². The molecule has 0 fully saturated rings. The summed E-state index contributed by atoms with van der Waals surface area (Å²) < 4.78 is 42.4. The molecule has 0 aromatic heterocycles. The second kappa shape index (κ2) is 17.8. The zero-order chi connectivity index (χ0) is 35.5. The van der Waals surface area contributed by atoms with Gasteiger partial charge in [0.2, 0.25) is 12.2 Å². The van der Waals surface area contributed by atoms with Crippen LogP contribution in [-0.2, 0) is 54.5 Å². The summed E-state index contributed by atoms with van der Waals surface area (Å²) >= 11 is -2.57. The van der Waals surface area contributed by atoms with Crippen molar-refractivity contribution in [3.63, 3.8) is 0 Å². The largest absolute Gasteiger partial charge is 0.464 e. The molecular formula is C39H45N3O7S. The summed E-state index contributed by atoms with van der Waals surface area (Å²) in [5.41, 5.74) is 3.40. The van der Waals surface area contributed by atoms with Crippen molar-refractivity contribution in [2.45, 2.75) is 65.0 Å². The van der Waals surface area contributed by atoms with E-state index < -0.39 is 41.5 Å². The van der Waals surface area contributed by atoms with Crippen LogP contribution in [0.2, 0.25) is 0 Å². The Morgan fingerprint density at radius 1 is 0.880 bits per heavy atom. The van der Waals surface area contributed by atoms with Crippen LogP contribution in [0.4, 0.5) is 5.69 Å². The summed E-state index contributed by atoms with van der Waals surface area (Å²) in [7, 11) is 0. The lowest BCUT2D eigenvalue weighted by Crippen LogP contribution is -2.47. The molecule has 4 aromatic rings. The zero-order valence-electron chi connectivity index (χ0n) is 28.7. The molecule has 10 nitrogen and oxygen atoms in total. The Labute approximate surface area is 296 Å². The Balaban J connectivity index is 1.38. The number of benzene rings is 4. The molecule has 4 atom stereocenters. The standard InChI is InChI=1S/C39H45N3O7S/c1-4-41(5-2)26-30-18-16-29(17-19-30)22-34(39(44)47-6-3)40-37(43)25-35(36-27-48-38(49-36)23-28-12-8-7-9-13-28)42(50(45)46)33-21-20-31-14-10-11-15-32(31)24-33/h7-21,24,27,34-35,38H,4-6,22-23,25-26H2,1-3H3,(H,40,43)(H,45,46). The van der Waals surface area contributed by atoms with Gasteiger partial charge in [0.15, 0.2) is 5.76 Å². The van der Waals surface area contributed by atoms with Crippen molar-refractivity contribution in [2.24, 2.45) is 0 Å². The first-order chi connectivity index (χ1) is 24.3. The van der Waals surface area contributed by atoms with Crippen LogP contribution in [0.3, 0.4) is 0 Å². The number of esters is 1. The zero-order valence-corrected chi connectivity index (χ0v) is 29.5. The minimum atomic E-state index is -2.57. The third-order valence-electron chi connectivity index (χ3n) is 8.66. The highest BCUT2D eigenvalue weighted by molar-refractivity contribution is 7.80. The number of hydrogen-bond acceptors (Lipinski definition) is 7. The third-order valence-corrected chi connectivity index (χ3v) is 9.47. The van der Waals surface area contributed by atoms with Crippen LogP contribution in [0.1, 0.15) is 43.9 Å². The number of ether oxygens (including phenoxy) is 3. The lowest BCUT2D eigenvalue weighted by Gasteiger charge is -2.30. The number of anilines is 1. The van der Waals surface area contributed by atoms with Gasteiger partial charge in [-0.25, -0.2) is 9.00 Å². The molecule has 1 heterocycles. The average molecular weight is 700 g/mol. The summed E-state index contributed by atoms with van der Waals surface area (Å²) in [4.78, 5) is 29.3. The van der Waals surface area contributed by atoms with Crippen molar-refractivity contribution in [2.75, 3.05) is 24.0 Å². The van der Waals surface area contributed by atoms with Crippen molar-refractivity contribution in [3.05, 3.63) is 126 Å². The molecular weight excluding hydrogens is 655 g/mol. The van der Waals surface area contributed by atoms with Crippen LogP contribution >= 0.6 is 0 Å². The predicted octanol–water partition coefficient (Wildman–Crippen LogP) is 6.13. The van der Waals surface area contributed by atoms with Crippen LogP contribution in [-0.4, -0.2) is 63.6 Å². The maximum Gasteiger partial charge on any atom is 0.328 e. The highest BCUT2D eigenvalue weighted by atomic mass is 32.2. The SMILES string of the molecule is CCOC(=O)C(Cc1ccc(CN(CC)CC)cc1)NC(=O)CC(C1=COC(Cc2ccccc2)O1)N(c1ccc2ccccc2c1)S(=O)O. The first kappa shape index (κ1) is 36.6. The van der Waals surface area contributed by atoms with Gasteiger partial charge >= 0.3 is 5.97 Å². The molecule has 5 rings (SSSR count). The molecule has 1 amide bonds. The van der Waals surface area contributed by atoms with E-state index >= 15 is 0 Å². The smallest absolute Gasteiger partial charge is 0.328 e. The fourth-order valence-corrected chi connectivity index (χ4v) is 6.67. The summed E-state index contributed by atoms with van der Waals surface area (Å²) in [5, 5.41) is 4.65. The average Bonchev–Trinajstić information content (AvgIpc) is 3.59. The number of amides is 1. The van der Waals surface area contributed by atoms with Gasteiger partial charge in [-0.1, -0.05) is 98.8 Å². The van der Waals surface area contributed by atoms with Crippen molar-refractivity contribution >= 4 is 39.6 Å². The van der Waals surface area contributed by atoms with Crippen LogP contribution < -0.4 is 9.62 Å². The Morgan fingerprint density at radius 3 is 2.24 bits per heavy atom. The first-order valence-corrected chi connectivity index (χ1v) is 18.1. The number of fused-ring (bicyclic) bond motifs is 1. The number of nitrogens with zero attached hydrogens (tertiary/aromatic N) is 2. The number of rotatable bonds is 17. The van der Waals surface area contributed by atoms with Crippen LogP contribution in [0.25, 0.3) is 10.8 Å². The highest BCUT2D eigenvalue weighted by Gasteiger charge is 2.36. The summed E-state index contributed by atoms with van der Waals surface area (Å²) in [6, 6.07) is 28.6. The number of carbonyl (C=O) groups excluding carboxylic acids is 2.